The fourth-order valence-corrected chi connectivity index (χ4v) is 4.07. The first-order valence-electron chi connectivity index (χ1n) is 9.18. The summed E-state index contributed by atoms with van der Waals surface area (Å²) in [7, 11) is 2.07. The lowest BCUT2D eigenvalue weighted by Crippen LogP contribution is -2.40. The second-order valence-corrected chi connectivity index (χ2v) is 7.61. The topological polar surface area (TPSA) is 39.5 Å². The molecular formula is C18H29N3O2. The normalized spacial score (nSPS) is 26.4. The summed E-state index contributed by atoms with van der Waals surface area (Å²) in [5.41, 5.74) is 2.79. The SMILES string of the molecule is Cn1ncc2c1C(COCC1CC1)CN(CC1CCOCC1)C2. The maximum Gasteiger partial charge on any atom is 0.0562 e. The highest BCUT2D eigenvalue weighted by Gasteiger charge is 2.31. The third kappa shape index (κ3) is 3.78. The molecule has 0 spiro atoms. The standard InChI is InChI=1S/C18H29N3O2/c1-20-18-16(8-19-20)10-21(9-14-4-6-22-7-5-14)11-17(18)13-23-12-15-2-3-15/h8,14-15,17H,2-7,9-13H2,1H3. The molecule has 5 nitrogen and oxygen atoms in total. The molecule has 1 aromatic heterocycles. The molecule has 4 rings (SSSR count). The molecule has 1 atom stereocenters. The van der Waals surface area contributed by atoms with Crippen LogP contribution in [0.15, 0.2) is 6.20 Å². The lowest BCUT2D eigenvalue weighted by molar-refractivity contribution is 0.0427. The summed E-state index contributed by atoms with van der Waals surface area (Å²) >= 11 is 0. The van der Waals surface area contributed by atoms with Crippen LogP contribution in [0, 0.1) is 11.8 Å². The second kappa shape index (κ2) is 6.91. The largest absolute Gasteiger partial charge is 0.381 e. The van der Waals surface area contributed by atoms with E-state index >= 15 is 0 Å². The van der Waals surface area contributed by atoms with Crippen LogP contribution in [0.3, 0.4) is 0 Å². The van der Waals surface area contributed by atoms with Crippen LogP contribution in [0.1, 0.15) is 42.9 Å². The first-order valence-corrected chi connectivity index (χ1v) is 9.18. The van der Waals surface area contributed by atoms with Crippen LogP contribution >= 0.6 is 0 Å². The number of hydrogen-bond acceptors (Lipinski definition) is 4. The van der Waals surface area contributed by atoms with E-state index in [9.17, 15) is 0 Å². The van der Waals surface area contributed by atoms with Gasteiger partial charge in [-0.05, 0) is 37.5 Å². The minimum Gasteiger partial charge on any atom is -0.381 e. The third-order valence-electron chi connectivity index (χ3n) is 5.55. The van der Waals surface area contributed by atoms with Gasteiger partial charge in [-0.1, -0.05) is 0 Å². The summed E-state index contributed by atoms with van der Waals surface area (Å²) in [5.74, 6) is 2.09. The van der Waals surface area contributed by atoms with Crippen LogP contribution in [-0.4, -0.2) is 54.2 Å². The predicted molar refractivity (Wildman–Crippen MR) is 88.3 cm³/mol. The minimum absolute atomic E-state index is 0.463. The Balaban J connectivity index is 1.39. The Morgan fingerprint density at radius 1 is 1.17 bits per heavy atom. The van der Waals surface area contributed by atoms with Crippen LogP contribution < -0.4 is 0 Å². The molecule has 0 radical (unpaired) electrons. The van der Waals surface area contributed by atoms with E-state index in [4.69, 9.17) is 9.47 Å². The van der Waals surface area contributed by atoms with Gasteiger partial charge in [0.15, 0.2) is 0 Å². The molecule has 1 saturated heterocycles. The molecule has 1 aromatic rings. The lowest BCUT2D eigenvalue weighted by atomic mass is 9.94. The highest BCUT2D eigenvalue weighted by atomic mass is 16.5. The minimum atomic E-state index is 0.463. The average Bonchev–Trinajstić information content (AvgIpc) is 3.31. The highest BCUT2D eigenvalue weighted by Crippen LogP contribution is 2.32. The lowest BCUT2D eigenvalue weighted by Gasteiger charge is -2.36. The molecule has 23 heavy (non-hydrogen) atoms. The van der Waals surface area contributed by atoms with Gasteiger partial charge in [-0.3, -0.25) is 9.58 Å². The molecule has 128 valence electrons. The summed E-state index contributed by atoms with van der Waals surface area (Å²) < 4.78 is 13.6. The van der Waals surface area contributed by atoms with Crippen molar-refractivity contribution in [2.45, 2.75) is 38.1 Å². The van der Waals surface area contributed by atoms with Crippen LogP contribution in [0.2, 0.25) is 0 Å². The van der Waals surface area contributed by atoms with Crippen LogP contribution in [0.5, 0.6) is 0 Å². The molecule has 2 aliphatic heterocycles. The molecule has 0 aromatic carbocycles. The zero-order valence-electron chi connectivity index (χ0n) is 14.2. The van der Waals surface area contributed by atoms with E-state index < -0.39 is 0 Å². The van der Waals surface area contributed by atoms with Crippen LogP contribution in [-0.2, 0) is 23.1 Å². The molecule has 1 saturated carbocycles. The maximum absolute atomic E-state index is 6.03. The molecule has 0 N–H and O–H groups in total. The zero-order chi connectivity index (χ0) is 15.6. The number of ether oxygens (including phenoxy) is 2. The van der Waals surface area contributed by atoms with E-state index in [1.54, 1.807) is 0 Å². The van der Waals surface area contributed by atoms with Gasteiger partial charge in [0.25, 0.3) is 0 Å². The quantitative estimate of drug-likeness (QED) is 0.806. The number of aromatic nitrogens is 2. The Morgan fingerprint density at radius 2 is 2.00 bits per heavy atom. The number of aryl methyl sites for hydroxylation is 1. The molecular weight excluding hydrogens is 290 g/mol. The van der Waals surface area contributed by atoms with Crippen molar-refractivity contribution in [3.8, 4) is 0 Å². The van der Waals surface area contributed by atoms with E-state index in [1.165, 1.54) is 43.5 Å². The summed E-state index contributed by atoms with van der Waals surface area (Å²) in [6.45, 7) is 7.00. The summed E-state index contributed by atoms with van der Waals surface area (Å²) in [5, 5.41) is 4.50. The molecule has 1 aliphatic carbocycles. The van der Waals surface area contributed by atoms with Crippen LogP contribution in [0.4, 0.5) is 0 Å². The van der Waals surface area contributed by atoms with Gasteiger partial charge in [0.2, 0.25) is 0 Å². The first kappa shape index (κ1) is 15.6. The average molecular weight is 319 g/mol. The Kier molecular flexibility index (Phi) is 4.69. The van der Waals surface area contributed by atoms with Gasteiger partial charge in [0.1, 0.15) is 0 Å². The molecule has 1 unspecified atom stereocenters. The molecule has 2 fully saturated rings. The maximum atomic E-state index is 6.03. The van der Waals surface area contributed by atoms with Crippen molar-refractivity contribution in [1.82, 2.24) is 14.7 Å². The Bertz CT molecular complexity index is 520. The first-order chi connectivity index (χ1) is 11.3. The Morgan fingerprint density at radius 3 is 2.78 bits per heavy atom. The van der Waals surface area contributed by atoms with Crippen molar-refractivity contribution in [2.24, 2.45) is 18.9 Å². The van der Waals surface area contributed by atoms with Crippen molar-refractivity contribution < 1.29 is 9.47 Å². The van der Waals surface area contributed by atoms with Gasteiger partial charge in [0, 0.05) is 63.7 Å². The molecule has 3 aliphatic rings. The zero-order valence-corrected chi connectivity index (χ0v) is 14.2. The van der Waals surface area contributed by atoms with Crippen molar-refractivity contribution >= 4 is 0 Å². The van der Waals surface area contributed by atoms with Crippen molar-refractivity contribution in [2.75, 3.05) is 39.5 Å². The van der Waals surface area contributed by atoms with Gasteiger partial charge in [-0.15, -0.1) is 0 Å². The highest BCUT2D eigenvalue weighted by molar-refractivity contribution is 5.25. The second-order valence-electron chi connectivity index (χ2n) is 7.61. The number of fused-ring (bicyclic) bond motifs is 1. The van der Waals surface area contributed by atoms with Crippen LogP contribution in [0.25, 0.3) is 0 Å². The van der Waals surface area contributed by atoms with Crippen molar-refractivity contribution in [3.63, 3.8) is 0 Å². The smallest absolute Gasteiger partial charge is 0.0562 e. The van der Waals surface area contributed by atoms with Crippen molar-refractivity contribution in [3.05, 3.63) is 17.5 Å². The summed E-state index contributed by atoms with van der Waals surface area (Å²) in [6, 6.07) is 0. The van der Waals surface area contributed by atoms with E-state index in [-0.39, 0.29) is 0 Å². The van der Waals surface area contributed by atoms with E-state index in [0.717, 1.165) is 51.4 Å². The van der Waals surface area contributed by atoms with Gasteiger partial charge in [-0.25, -0.2) is 0 Å². The van der Waals surface area contributed by atoms with Crippen molar-refractivity contribution in [1.29, 1.82) is 0 Å². The van der Waals surface area contributed by atoms with Gasteiger partial charge >= 0.3 is 0 Å². The monoisotopic (exact) mass is 319 g/mol. The molecule has 0 bridgehead atoms. The number of nitrogens with zero attached hydrogens (tertiary/aromatic N) is 3. The van der Waals surface area contributed by atoms with E-state index in [2.05, 4.69) is 27.9 Å². The summed E-state index contributed by atoms with van der Waals surface area (Å²) in [4.78, 5) is 2.62. The van der Waals surface area contributed by atoms with E-state index in [0.29, 0.717) is 5.92 Å². The number of hydrogen-bond donors (Lipinski definition) is 0. The molecule has 0 amide bonds. The van der Waals surface area contributed by atoms with E-state index in [1.807, 2.05) is 0 Å². The third-order valence-corrected chi connectivity index (χ3v) is 5.55. The Hall–Kier alpha value is -0.910. The summed E-state index contributed by atoms with van der Waals surface area (Å²) in [6.07, 6.45) is 7.19. The molecule has 5 heteroatoms. The van der Waals surface area contributed by atoms with Gasteiger partial charge < -0.3 is 9.47 Å². The number of rotatable bonds is 6. The van der Waals surface area contributed by atoms with Gasteiger partial charge in [-0.2, -0.15) is 5.10 Å². The molecule has 3 heterocycles. The fourth-order valence-electron chi connectivity index (χ4n) is 4.07. The predicted octanol–water partition coefficient (Wildman–Crippen LogP) is 2.17. The fraction of sp³-hybridized carbons (Fsp3) is 0.833. The van der Waals surface area contributed by atoms with Gasteiger partial charge in [0.05, 0.1) is 12.8 Å². The Labute approximate surface area is 138 Å².